The highest BCUT2D eigenvalue weighted by Gasteiger charge is 2.61. The van der Waals surface area contributed by atoms with Gasteiger partial charge in [-0.15, -0.1) is 0 Å². The van der Waals surface area contributed by atoms with E-state index in [4.69, 9.17) is 71.1 Å². The van der Waals surface area contributed by atoms with Gasteiger partial charge in [0.25, 0.3) is 0 Å². The number of hydrogen-bond donors (Lipinski definition) is 0. The fourth-order valence-electron chi connectivity index (χ4n) is 9.45. The van der Waals surface area contributed by atoms with Gasteiger partial charge in [0.15, 0.2) is 36.2 Å². The molecule has 5 aliphatic heterocycles. The van der Waals surface area contributed by atoms with E-state index in [2.05, 4.69) is 6.92 Å². The van der Waals surface area contributed by atoms with Crippen LogP contribution in [0.2, 0.25) is 0 Å². The Kier molecular flexibility index (Phi) is 15.9. The van der Waals surface area contributed by atoms with E-state index in [0.29, 0.717) is 12.2 Å². The van der Waals surface area contributed by atoms with Crippen LogP contribution in [-0.2, 0) is 84.3 Å². The van der Waals surface area contributed by atoms with E-state index in [-0.39, 0.29) is 31.8 Å². The minimum Gasteiger partial charge on any atom is -0.459 e. The number of carbonyl (C=O) groups is 1. The molecular weight excluding hydrogens is 869 g/mol. The number of benzene rings is 3. The van der Waals surface area contributed by atoms with Gasteiger partial charge in [-0.3, -0.25) is 0 Å². The van der Waals surface area contributed by atoms with E-state index >= 15 is 0 Å². The van der Waals surface area contributed by atoms with Crippen molar-refractivity contribution in [3.05, 3.63) is 108 Å². The monoisotopic (exact) mass is 936 g/mol. The third kappa shape index (κ3) is 12.0. The second-order valence-corrected chi connectivity index (χ2v) is 19.1. The minimum absolute atomic E-state index is 0.109. The largest absolute Gasteiger partial charge is 0.459 e. The van der Waals surface area contributed by atoms with Crippen molar-refractivity contribution in [2.24, 2.45) is 5.92 Å². The van der Waals surface area contributed by atoms with E-state index in [1.807, 2.05) is 101 Å². The summed E-state index contributed by atoms with van der Waals surface area (Å²) in [5.41, 5.74) is 2.36. The first-order valence-corrected chi connectivity index (χ1v) is 23.3. The van der Waals surface area contributed by atoms with E-state index in [0.717, 1.165) is 11.1 Å². The third-order valence-electron chi connectivity index (χ3n) is 12.8. The highest BCUT2D eigenvalue weighted by molar-refractivity contribution is 5.89. The Balaban J connectivity index is 1.17. The molecule has 0 aliphatic carbocycles. The average molecular weight is 937 g/mol. The van der Waals surface area contributed by atoms with Crippen molar-refractivity contribution in [2.45, 2.75) is 172 Å². The van der Waals surface area contributed by atoms with Crippen molar-refractivity contribution < 1.29 is 75.8 Å². The second-order valence-electron chi connectivity index (χ2n) is 19.1. The molecule has 0 N–H and O–H groups in total. The molecule has 368 valence electrons. The molecule has 6 unspecified atom stereocenters. The molecular formula is C51H68O16. The van der Waals surface area contributed by atoms with Crippen molar-refractivity contribution >= 4 is 5.97 Å². The Morgan fingerprint density at radius 1 is 0.642 bits per heavy atom. The van der Waals surface area contributed by atoms with Crippen LogP contribution < -0.4 is 0 Å². The number of fused-ring (bicyclic) bond motifs is 1. The Bertz CT molecular complexity index is 2020. The van der Waals surface area contributed by atoms with Crippen molar-refractivity contribution in [1.29, 1.82) is 0 Å². The summed E-state index contributed by atoms with van der Waals surface area (Å²) in [6.07, 6.45) is -11.7. The lowest BCUT2D eigenvalue weighted by atomic mass is 9.90. The van der Waals surface area contributed by atoms with Gasteiger partial charge in [-0.25, -0.2) is 4.79 Å². The number of carbonyl (C=O) groups excluding carboxylic acids is 1. The summed E-state index contributed by atoms with van der Waals surface area (Å²) in [5.74, 6) is -3.81. The van der Waals surface area contributed by atoms with Gasteiger partial charge in [0, 0.05) is 20.1 Å². The van der Waals surface area contributed by atoms with E-state index in [9.17, 15) is 4.79 Å². The van der Waals surface area contributed by atoms with Gasteiger partial charge in [-0.1, -0.05) is 85.8 Å². The Hall–Kier alpha value is -3.43. The van der Waals surface area contributed by atoms with Crippen LogP contribution >= 0.6 is 0 Å². The molecule has 0 aromatic heterocycles. The van der Waals surface area contributed by atoms with Crippen molar-refractivity contribution in [3.63, 3.8) is 0 Å². The van der Waals surface area contributed by atoms with E-state index in [1.165, 1.54) is 14.2 Å². The van der Waals surface area contributed by atoms with Crippen LogP contribution in [0.1, 0.15) is 76.9 Å². The minimum atomic E-state index is -1.27. The highest BCUT2D eigenvalue weighted by atomic mass is 16.8. The van der Waals surface area contributed by atoms with Crippen molar-refractivity contribution in [3.8, 4) is 0 Å². The number of rotatable bonds is 18. The fourth-order valence-corrected chi connectivity index (χ4v) is 9.45. The highest BCUT2D eigenvalue weighted by Crippen LogP contribution is 2.44. The Morgan fingerprint density at radius 2 is 1.21 bits per heavy atom. The van der Waals surface area contributed by atoms with Crippen molar-refractivity contribution in [2.75, 3.05) is 27.4 Å². The quantitative estimate of drug-likeness (QED) is 0.0980. The lowest BCUT2D eigenvalue weighted by molar-refractivity contribution is -0.370. The molecule has 16 nitrogen and oxygen atoms in total. The summed E-state index contributed by atoms with van der Waals surface area (Å²) in [6, 6.07) is 28.6. The third-order valence-corrected chi connectivity index (χ3v) is 12.8. The molecule has 5 saturated heterocycles. The van der Waals surface area contributed by atoms with Gasteiger partial charge in [0.1, 0.15) is 61.5 Å². The van der Waals surface area contributed by atoms with Gasteiger partial charge in [-0.05, 0) is 71.7 Å². The molecule has 3 aromatic rings. The maximum Gasteiger partial charge on any atom is 0.338 e. The molecule has 5 aliphatic rings. The zero-order chi connectivity index (χ0) is 47.5. The first kappa shape index (κ1) is 50.0. The number of esters is 1. The van der Waals surface area contributed by atoms with Gasteiger partial charge in [-0.2, -0.15) is 0 Å². The molecule has 14 atom stereocenters. The zero-order valence-corrected chi connectivity index (χ0v) is 40.2. The molecule has 0 amide bonds. The average Bonchev–Trinajstić information content (AvgIpc) is 3.96. The Morgan fingerprint density at radius 3 is 1.81 bits per heavy atom. The van der Waals surface area contributed by atoms with E-state index in [1.54, 1.807) is 38.1 Å². The lowest BCUT2D eigenvalue weighted by Gasteiger charge is -2.48. The Labute approximate surface area is 393 Å². The molecule has 0 saturated carbocycles. The first-order chi connectivity index (χ1) is 32.0. The van der Waals surface area contributed by atoms with Crippen LogP contribution in [0.5, 0.6) is 0 Å². The van der Waals surface area contributed by atoms with Crippen molar-refractivity contribution in [1.82, 2.24) is 0 Å². The molecule has 5 fully saturated rings. The first-order valence-electron chi connectivity index (χ1n) is 23.3. The molecule has 16 heteroatoms. The molecule has 0 spiro atoms. The normalized spacial score (nSPS) is 34.8. The molecule has 3 aromatic carbocycles. The predicted molar refractivity (Wildman–Crippen MR) is 239 cm³/mol. The maximum absolute atomic E-state index is 13.4. The zero-order valence-electron chi connectivity index (χ0n) is 40.2. The molecule has 0 bridgehead atoms. The van der Waals surface area contributed by atoms with Gasteiger partial charge in [0.05, 0.1) is 37.6 Å². The van der Waals surface area contributed by atoms with Crippen LogP contribution in [0.25, 0.3) is 0 Å². The van der Waals surface area contributed by atoms with Crippen LogP contribution in [0.15, 0.2) is 91.0 Å². The van der Waals surface area contributed by atoms with Gasteiger partial charge < -0.3 is 71.1 Å². The van der Waals surface area contributed by atoms with Crippen LogP contribution in [0.4, 0.5) is 0 Å². The number of methoxy groups -OCH3 is 2. The maximum atomic E-state index is 13.4. The molecule has 8 rings (SSSR count). The molecule has 0 radical (unpaired) electrons. The summed E-state index contributed by atoms with van der Waals surface area (Å²) in [4.78, 5) is 13.4. The predicted octanol–water partition coefficient (Wildman–Crippen LogP) is 6.70. The lowest BCUT2D eigenvalue weighted by Crippen LogP contribution is -2.64. The van der Waals surface area contributed by atoms with Crippen LogP contribution in [0.3, 0.4) is 0 Å². The summed E-state index contributed by atoms with van der Waals surface area (Å²) < 4.78 is 98.5. The SMILES string of the molecule is COC(OC)C1OC(C)(C)O[C@H]1[C@H](O[C@@H]1OC(COC(=O)c2ccccc2)[C@@H]2OC(C)(C)O[C@@H]2C1O[C@@H]1OC(C)[C@@H](C)[C@H](OCc2ccccc2)C1OCc1ccccc1)C1COC(C)(C)O1. The summed E-state index contributed by atoms with van der Waals surface area (Å²) in [5, 5.41) is 0. The van der Waals surface area contributed by atoms with E-state index < -0.39 is 103 Å². The fraction of sp³-hybridized carbons (Fsp3) is 0.627. The topological polar surface area (TPSA) is 156 Å². The van der Waals surface area contributed by atoms with Gasteiger partial charge >= 0.3 is 5.97 Å². The van der Waals surface area contributed by atoms with Crippen LogP contribution in [-0.4, -0.2) is 137 Å². The number of hydrogen-bond acceptors (Lipinski definition) is 16. The standard InChI is InChI=1S/C51H68O16/c1-30-31(2)59-47(42(56-27-33-22-16-12-17-23-33)37(30)55-26-32-20-14-11-15-21-32)62-43-41-39(64-50(5,6)66-41)35(28-57-45(52)34-24-18-13-19-25-34)60-48(43)61-38(36-29-58-49(3,4)63-36)40-44(46(53-9)54-10)67-51(7,8)65-40/h11-25,30-31,35-44,46-48H,26-29H2,1-10H3/t30-,31?,35?,36?,37+,38-,39+,40+,41+,42?,43?,44?,47+,48+/m1/s1. The van der Waals surface area contributed by atoms with Gasteiger partial charge in [0.2, 0.25) is 0 Å². The molecule has 5 heterocycles. The number of ether oxygens (including phenoxy) is 15. The summed E-state index contributed by atoms with van der Waals surface area (Å²) >= 11 is 0. The molecule has 67 heavy (non-hydrogen) atoms. The summed E-state index contributed by atoms with van der Waals surface area (Å²) in [6.45, 7) is 15.5. The second kappa shape index (κ2) is 21.3. The summed E-state index contributed by atoms with van der Waals surface area (Å²) in [7, 11) is 3.06. The van der Waals surface area contributed by atoms with Crippen LogP contribution in [0, 0.1) is 5.92 Å². The smallest absolute Gasteiger partial charge is 0.338 e.